The molecule has 0 aromatic heterocycles. The van der Waals surface area contributed by atoms with Crippen LogP contribution in [0.5, 0.6) is 0 Å². The minimum Gasteiger partial charge on any atom is -0.480 e. The Bertz CT molecular complexity index is 1290. The normalized spacial score (nSPS) is 24.4. The number of carboxylic acid groups (broad SMARTS) is 1. The number of nitrogens with zero attached hydrogens (tertiary/aromatic N) is 1. The van der Waals surface area contributed by atoms with Crippen LogP contribution in [0.1, 0.15) is 61.9 Å². The number of carboxylic acids is 1. The van der Waals surface area contributed by atoms with Crippen molar-refractivity contribution in [3.63, 3.8) is 0 Å². The van der Waals surface area contributed by atoms with Crippen molar-refractivity contribution >= 4 is 39.5 Å². The Morgan fingerprint density at radius 1 is 1.21 bits per heavy atom. The van der Waals surface area contributed by atoms with Crippen LogP contribution in [0.15, 0.2) is 29.3 Å². The molecule has 2 aliphatic carbocycles. The fourth-order valence-corrected chi connectivity index (χ4v) is 8.31. The van der Waals surface area contributed by atoms with Crippen LogP contribution in [0.2, 0.25) is 0 Å². The minimum absolute atomic E-state index is 0.0646. The molecule has 0 spiro atoms. The number of benzene rings is 1. The van der Waals surface area contributed by atoms with Crippen LogP contribution in [0.4, 0.5) is 0 Å². The first-order chi connectivity index (χ1) is 18.4. The van der Waals surface area contributed by atoms with Crippen LogP contribution in [0.3, 0.4) is 0 Å². The van der Waals surface area contributed by atoms with E-state index in [1.165, 1.54) is 0 Å². The predicted molar refractivity (Wildman–Crippen MR) is 142 cm³/mol. The molecule has 2 amide bonds. The number of aryl methyl sites for hydroxylation is 1. The highest BCUT2D eigenvalue weighted by Gasteiger charge is 2.71. The third-order valence-corrected chi connectivity index (χ3v) is 10.8. The molecule has 1 aliphatic heterocycles. The molecule has 212 valence electrons. The van der Waals surface area contributed by atoms with E-state index in [2.05, 4.69) is 25.7 Å². The van der Waals surface area contributed by atoms with E-state index in [1.807, 2.05) is 0 Å². The molecule has 1 aromatic carbocycles. The molecule has 2 fully saturated rings. The summed E-state index contributed by atoms with van der Waals surface area (Å²) in [6, 6.07) is 4.84. The summed E-state index contributed by atoms with van der Waals surface area (Å²) in [4.78, 5) is 53.6. The lowest BCUT2D eigenvalue weighted by atomic mass is 9.81. The van der Waals surface area contributed by atoms with Crippen LogP contribution < -0.4 is 20.7 Å². The SMILES string of the molecule is CC1(C)C2CCC1(S(=O)(=O)NC(CNC(=O)c1ccc(CCC(=O)NC3=NCCCN3)cc1)C(=O)O)C(=O)C2. The Morgan fingerprint density at radius 2 is 1.92 bits per heavy atom. The highest BCUT2D eigenvalue weighted by atomic mass is 32.2. The molecule has 3 aliphatic rings. The van der Waals surface area contributed by atoms with E-state index in [0.29, 0.717) is 25.3 Å². The van der Waals surface area contributed by atoms with Crippen LogP contribution >= 0.6 is 0 Å². The van der Waals surface area contributed by atoms with Crippen LogP contribution in [-0.4, -0.2) is 73.5 Å². The number of guanidine groups is 1. The zero-order chi connectivity index (χ0) is 28.4. The van der Waals surface area contributed by atoms with Crippen LogP contribution in [0.25, 0.3) is 0 Å². The van der Waals surface area contributed by atoms with Gasteiger partial charge in [-0.15, -0.1) is 0 Å². The second kappa shape index (κ2) is 11.0. The van der Waals surface area contributed by atoms with Gasteiger partial charge < -0.3 is 15.7 Å². The number of aliphatic imine (C=N–C) groups is 1. The molecule has 39 heavy (non-hydrogen) atoms. The summed E-state index contributed by atoms with van der Waals surface area (Å²) in [5.41, 5.74) is 0.264. The van der Waals surface area contributed by atoms with Crippen molar-refractivity contribution in [1.82, 2.24) is 20.7 Å². The number of carbonyl (C=O) groups excluding carboxylic acids is 3. The highest BCUT2D eigenvalue weighted by molar-refractivity contribution is 7.91. The van der Waals surface area contributed by atoms with Crippen molar-refractivity contribution in [2.24, 2.45) is 16.3 Å². The molecule has 3 atom stereocenters. The standard InChI is InChI=1S/C26H35N5O7S/c1-25(2)18-10-11-26(25,20(32)14-18)39(37,38)31-19(23(35)36)15-29-22(34)17-7-4-16(5-8-17)6-9-21(33)30-24-27-12-3-13-28-24/h4-5,7-8,18-19,31H,3,6,9-15H2,1-2H3,(H,29,34)(H,35,36)(H2,27,28,30,33). The third-order valence-electron chi connectivity index (χ3n) is 8.32. The van der Waals surface area contributed by atoms with Gasteiger partial charge in [-0.05, 0) is 54.7 Å². The van der Waals surface area contributed by atoms with E-state index in [0.717, 1.165) is 18.5 Å². The van der Waals surface area contributed by atoms with E-state index in [1.54, 1.807) is 38.1 Å². The summed E-state index contributed by atoms with van der Waals surface area (Å²) >= 11 is 0. The van der Waals surface area contributed by atoms with Gasteiger partial charge in [0.1, 0.15) is 10.8 Å². The summed E-state index contributed by atoms with van der Waals surface area (Å²) < 4.78 is 27.3. The molecule has 1 aromatic rings. The van der Waals surface area contributed by atoms with Crippen molar-refractivity contribution in [3.05, 3.63) is 35.4 Å². The van der Waals surface area contributed by atoms with Crippen molar-refractivity contribution in [2.45, 2.75) is 63.2 Å². The zero-order valence-corrected chi connectivity index (χ0v) is 22.9. The number of sulfonamides is 1. The number of nitrogens with one attached hydrogen (secondary N) is 4. The molecule has 0 radical (unpaired) electrons. The molecule has 13 heteroatoms. The quantitative estimate of drug-likeness (QED) is 0.271. The van der Waals surface area contributed by atoms with E-state index < -0.39 is 44.6 Å². The molecule has 0 saturated heterocycles. The van der Waals surface area contributed by atoms with Gasteiger partial charge in [-0.2, -0.15) is 4.72 Å². The Hall–Kier alpha value is -3.32. The average molecular weight is 562 g/mol. The number of ketones is 1. The van der Waals surface area contributed by atoms with Gasteiger partial charge >= 0.3 is 5.97 Å². The lowest BCUT2D eigenvalue weighted by Gasteiger charge is -2.36. The van der Waals surface area contributed by atoms with Gasteiger partial charge in [-0.1, -0.05) is 26.0 Å². The number of rotatable bonds is 10. The fourth-order valence-electron chi connectivity index (χ4n) is 5.92. The fraction of sp³-hybridized carbons (Fsp3) is 0.577. The number of Topliss-reactive ketones (excluding diaryl/α,β-unsaturated/α-hetero) is 1. The molecule has 3 unspecified atom stereocenters. The molecule has 1 heterocycles. The number of amides is 2. The van der Waals surface area contributed by atoms with Gasteiger partial charge in [0.25, 0.3) is 5.91 Å². The Labute approximate surface area is 227 Å². The number of hydrogen-bond acceptors (Lipinski definition) is 8. The monoisotopic (exact) mass is 561 g/mol. The molecule has 2 bridgehead atoms. The molecule has 12 nitrogen and oxygen atoms in total. The summed E-state index contributed by atoms with van der Waals surface area (Å²) in [7, 11) is -4.35. The Balaban J connectivity index is 1.32. The van der Waals surface area contributed by atoms with Gasteiger partial charge in [0.05, 0.1) is 0 Å². The van der Waals surface area contributed by atoms with Crippen molar-refractivity contribution in [3.8, 4) is 0 Å². The van der Waals surface area contributed by atoms with Gasteiger partial charge in [0.2, 0.25) is 15.9 Å². The second-order valence-electron chi connectivity index (χ2n) is 10.9. The summed E-state index contributed by atoms with van der Waals surface area (Å²) in [6.07, 6.45) is 2.50. The van der Waals surface area contributed by atoms with Crippen molar-refractivity contribution in [2.75, 3.05) is 19.6 Å². The van der Waals surface area contributed by atoms with Crippen LogP contribution in [-0.2, 0) is 30.8 Å². The second-order valence-corrected chi connectivity index (χ2v) is 12.8. The maximum Gasteiger partial charge on any atom is 0.323 e. The molecule has 4 rings (SSSR count). The van der Waals surface area contributed by atoms with Crippen LogP contribution in [0, 0.1) is 11.3 Å². The smallest absolute Gasteiger partial charge is 0.323 e. The topological polar surface area (TPSA) is 183 Å². The zero-order valence-electron chi connectivity index (χ0n) is 22.1. The first-order valence-electron chi connectivity index (χ1n) is 13.1. The number of aliphatic carboxylic acids is 1. The largest absolute Gasteiger partial charge is 0.480 e. The molecular weight excluding hydrogens is 526 g/mol. The lowest BCUT2D eigenvalue weighted by molar-refractivity contribution is -0.138. The summed E-state index contributed by atoms with van der Waals surface area (Å²) in [5, 5.41) is 17.9. The van der Waals surface area contributed by atoms with E-state index >= 15 is 0 Å². The Morgan fingerprint density at radius 3 is 2.49 bits per heavy atom. The number of carbonyl (C=O) groups is 4. The van der Waals surface area contributed by atoms with Gasteiger partial charge in [-0.25, -0.2) is 8.42 Å². The third kappa shape index (κ3) is 5.55. The minimum atomic E-state index is -4.35. The number of hydrogen-bond donors (Lipinski definition) is 5. The molecule has 2 saturated carbocycles. The maximum atomic E-state index is 13.4. The van der Waals surface area contributed by atoms with Gasteiger partial charge in [0.15, 0.2) is 11.7 Å². The number of fused-ring (bicyclic) bond motifs is 2. The van der Waals surface area contributed by atoms with E-state index in [9.17, 15) is 32.7 Å². The lowest BCUT2D eigenvalue weighted by Crippen LogP contribution is -2.60. The first kappa shape index (κ1) is 28.7. The van der Waals surface area contributed by atoms with Gasteiger partial charge in [0, 0.05) is 38.0 Å². The molecule has 5 N–H and O–H groups in total. The Kier molecular flexibility index (Phi) is 8.12. The van der Waals surface area contributed by atoms with Crippen molar-refractivity contribution in [1.29, 1.82) is 0 Å². The summed E-state index contributed by atoms with van der Waals surface area (Å²) in [6.45, 7) is 4.42. The summed E-state index contributed by atoms with van der Waals surface area (Å²) in [5.74, 6) is -2.20. The van der Waals surface area contributed by atoms with E-state index in [4.69, 9.17) is 0 Å². The van der Waals surface area contributed by atoms with Gasteiger partial charge in [-0.3, -0.25) is 29.5 Å². The molecular formula is C26H35N5O7S. The highest BCUT2D eigenvalue weighted by Crippen LogP contribution is 2.61. The van der Waals surface area contributed by atoms with Crippen molar-refractivity contribution < 1.29 is 32.7 Å². The van der Waals surface area contributed by atoms with E-state index in [-0.39, 0.29) is 42.4 Å². The average Bonchev–Trinajstić information content (AvgIpc) is 3.27. The maximum absolute atomic E-state index is 13.4. The first-order valence-corrected chi connectivity index (χ1v) is 14.6. The predicted octanol–water partition coefficient (Wildman–Crippen LogP) is 0.335.